The average molecular weight is 1440 g/mol. The lowest BCUT2D eigenvalue weighted by Crippen LogP contribution is -2.49. The van der Waals surface area contributed by atoms with Crippen molar-refractivity contribution >= 4 is 79.5 Å². The van der Waals surface area contributed by atoms with Crippen molar-refractivity contribution in [2.24, 2.45) is 13.0 Å². The largest absolute Gasteiger partial charge is 0.497 e. The molecule has 4 aliphatic rings. The van der Waals surface area contributed by atoms with Gasteiger partial charge in [-0.2, -0.15) is 0 Å². The van der Waals surface area contributed by atoms with E-state index < -0.39 is 29.6 Å². The number of fused-ring (bicyclic) bond motifs is 3. The molecule has 0 atom stereocenters. The van der Waals surface area contributed by atoms with Crippen LogP contribution in [0.2, 0.25) is 0 Å². The Kier molecular flexibility index (Phi) is 24.3. The summed E-state index contributed by atoms with van der Waals surface area (Å²) in [5, 5.41) is 2.53. The fourth-order valence-corrected chi connectivity index (χ4v) is 14.9. The number of anilines is 3. The van der Waals surface area contributed by atoms with Crippen LogP contribution in [0.4, 0.5) is 17.1 Å². The number of furan rings is 2. The number of hydrogen-bond donors (Lipinski definition) is 0. The number of benzene rings is 5. The molecule has 0 bridgehead atoms. The molecule has 106 heavy (non-hydrogen) atoms. The van der Waals surface area contributed by atoms with Gasteiger partial charge in [0.05, 0.1) is 79.1 Å². The second-order valence-corrected chi connectivity index (χ2v) is 27.2. The topological polar surface area (TPSA) is 234 Å². The van der Waals surface area contributed by atoms with Gasteiger partial charge < -0.3 is 66.0 Å². The molecule has 0 unspecified atom stereocenters. The summed E-state index contributed by atoms with van der Waals surface area (Å²) in [7, 11) is 3.31. The van der Waals surface area contributed by atoms with Crippen molar-refractivity contribution in [2.45, 2.75) is 92.0 Å². The number of para-hydroxylation sites is 3. The zero-order chi connectivity index (χ0) is 74.4. The summed E-state index contributed by atoms with van der Waals surface area (Å²) in [6.07, 6.45) is 9.71. The number of ether oxygens (including phenoxy) is 4. The molecule has 554 valence electrons. The maximum atomic E-state index is 14.1. The highest BCUT2D eigenvalue weighted by Gasteiger charge is 2.35. The van der Waals surface area contributed by atoms with Gasteiger partial charge in [-0.1, -0.05) is 129 Å². The third-order valence-corrected chi connectivity index (χ3v) is 20.2. The van der Waals surface area contributed by atoms with Gasteiger partial charge in [0.2, 0.25) is 0 Å². The zero-order valence-electron chi connectivity index (χ0n) is 61.2. The van der Waals surface area contributed by atoms with Crippen LogP contribution in [0.5, 0.6) is 5.75 Å². The number of pyridine rings is 3. The van der Waals surface area contributed by atoms with Crippen LogP contribution in [0, 0.1) is 5.92 Å². The van der Waals surface area contributed by atoms with Crippen molar-refractivity contribution in [1.82, 2.24) is 28.4 Å². The molecule has 14 rings (SSSR count). The maximum Gasteiger partial charge on any atom is 0.346 e. The monoisotopic (exact) mass is 1440 g/mol. The summed E-state index contributed by atoms with van der Waals surface area (Å²) in [6, 6.07) is 47.7. The number of piperazine rings is 3. The van der Waals surface area contributed by atoms with Crippen LogP contribution >= 0.6 is 0 Å². The van der Waals surface area contributed by atoms with Crippen molar-refractivity contribution < 1.29 is 51.8 Å². The zero-order valence-corrected chi connectivity index (χ0v) is 61.2. The first-order valence-electron chi connectivity index (χ1n) is 36.8. The van der Waals surface area contributed by atoms with Crippen LogP contribution in [0.15, 0.2) is 187 Å². The maximum absolute atomic E-state index is 14.1. The molecule has 10 aromatic rings. The van der Waals surface area contributed by atoms with Gasteiger partial charge in [0, 0.05) is 115 Å². The molecule has 1 saturated carbocycles. The summed E-state index contributed by atoms with van der Waals surface area (Å²) in [5.41, 5.74) is 5.60. The Bertz CT molecular complexity index is 4900. The van der Waals surface area contributed by atoms with Crippen molar-refractivity contribution in [3.63, 3.8) is 0 Å². The number of carbonyl (C=O) groups is 5. The van der Waals surface area contributed by atoms with Crippen molar-refractivity contribution in [2.75, 3.05) is 114 Å². The minimum absolute atomic E-state index is 0.00160. The lowest BCUT2D eigenvalue weighted by molar-refractivity contribution is 0.0374. The molecular formula is C83H93N9O14. The van der Waals surface area contributed by atoms with Crippen molar-refractivity contribution in [1.29, 1.82) is 0 Å². The molecule has 23 heteroatoms. The molecule has 3 aliphatic heterocycles. The van der Waals surface area contributed by atoms with Gasteiger partial charge in [-0.25, -0.2) is 14.4 Å². The van der Waals surface area contributed by atoms with Crippen LogP contribution in [-0.4, -0.2) is 163 Å². The van der Waals surface area contributed by atoms with Crippen LogP contribution in [0.25, 0.3) is 32.7 Å². The predicted octanol–water partition coefficient (Wildman–Crippen LogP) is 11.9. The summed E-state index contributed by atoms with van der Waals surface area (Å²) in [4.78, 5) is 118. The molecule has 4 fully saturated rings. The third-order valence-electron chi connectivity index (χ3n) is 20.2. The van der Waals surface area contributed by atoms with Gasteiger partial charge in [0.1, 0.15) is 22.4 Å². The Labute approximate surface area is 615 Å². The smallest absolute Gasteiger partial charge is 0.346 e. The third kappa shape index (κ3) is 16.6. The van der Waals surface area contributed by atoms with E-state index in [1.807, 2.05) is 113 Å². The van der Waals surface area contributed by atoms with Gasteiger partial charge in [0.15, 0.2) is 11.5 Å². The number of esters is 3. The van der Waals surface area contributed by atoms with Crippen molar-refractivity contribution in [3.05, 3.63) is 235 Å². The van der Waals surface area contributed by atoms with Gasteiger partial charge in [-0.3, -0.25) is 28.9 Å². The minimum atomic E-state index is -0.659. The van der Waals surface area contributed by atoms with E-state index in [2.05, 4.69) is 34.1 Å². The molecule has 0 radical (unpaired) electrons. The fraction of sp³-hybridized carbons (Fsp3) is 0.373. The molecule has 23 nitrogen and oxygen atoms in total. The van der Waals surface area contributed by atoms with Gasteiger partial charge in [0.25, 0.3) is 28.5 Å². The number of nitrogens with zero attached hydrogens (tertiary/aromatic N) is 9. The molecule has 5 aromatic carbocycles. The van der Waals surface area contributed by atoms with Crippen LogP contribution in [0.1, 0.15) is 130 Å². The quantitative estimate of drug-likeness (QED) is 0.0540. The van der Waals surface area contributed by atoms with Gasteiger partial charge in [-0.15, -0.1) is 0 Å². The number of methoxy groups -OCH3 is 1. The van der Waals surface area contributed by atoms with E-state index in [1.165, 1.54) is 54.8 Å². The van der Waals surface area contributed by atoms with E-state index in [1.54, 1.807) is 85.1 Å². The SMILES string of the molecule is CCOC(=O)c1c(N2CCN(C(=O)c3ccco3)CC2)c2ccccc2n(CCC2CCCCC2)c1=O.CCOC(=O)c1c(N2CCN(Cc3ccccc3)CC2)c2ccccc2n(C)c1=O.COc1ccc(Cn2c(=O)c(C(=O)OC(C)C)c(N3CCN(C(=O)c4ccco4)CC3)c3ccccc32)cc1. The van der Waals surface area contributed by atoms with E-state index in [4.69, 9.17) is 27.8 Å². The molecule has 1 aliphatic carbocycles. The van der Waals surface area contributed by atoms with Gasteiger partial charge in [-0.05, 0) is 106 Å². The highest BCUT2D eigenvalue weighted by molar-refractivity contribution is 6.08. The number of amides is 2. The molecule has 2 amide bonds. The summed E-state index contributed by atoms with van der Waals surface area (Å²) < 4.78 is 37.0. The molecule has 0 spiro atoms. The standard InChI is InChI=1S/C30H31N3O6.C29H35N3O5.C24H27N3O3/c1-20(2)39-30(36)26-27(31-14-16-32(17-15-31)28(34)25-9-6-18-38-25)23-7-4-5-8-24(23)33(29(26)35)19-21-10-12-22(37-3)13-11-21;1-2-36-29(35)25-26(30-16-18-31(19-17-30)27(33)24-13-8-20-37-24)22-11-6-7-12-23(22)32(28(25)34)15-14-21-9-4-3-5-10-21;1-3-30-24(29)21-22(19-11-7-8-12-20(19)25(2)23(21)28)27-15-13-26(14-16-27)17-18-9-5-4-6-10-18/h4-13,18,20H,14-17,19H2,1-3H3;6-8,11-13,20-21H,2-5,9-10,14-19H2,1H3;4-12H,3,13-17H2,1-2H3. The van der Waals surface area contributed by atoms with E-state index in [0.29, 0.717) is 93.2 Å². The first kappa shape index (κ1) is 74.5. The van der Waals surface area contributed by atoms with Crippen LogP contribution in [0.3, 0.4) is 0 Å². The summed E-state index contributed by atoms with van der Waals surface area (Å²) >= 11 is 0. The summed E-state index contributed by atoms with van der Waals surface area (Å²) in [5.74, 6) is -0.199. The highest BCUT2D eigenvalue weighted by atomic mass is 16.5. The number of carbonyl (C=O) groups excluding carboxylic acids is 5. The predicted molar refractivity (Wildman–Crippen MR) is 409 cm³/mol. The second kappa shape index (κ2) is 34.6. The van der Waals surface area contributed by atoms with Crippen LogP contribution < -0.4 is 36.1 Å². The Morgan fingerprint density at radius 2 is 0.896 bits per heavy atom. The van der Waals surface area contributed by atoms with E-state index in [9.17, 15) is 38.4 Å². The van der Waals surface area contributed by atoms with Crippen LogP contribution in [-0.2, 0) is 40.9 Å². The number of rotatable bonds is 19. The fourth-order valence-electron chi connectivity index (χ4n) is 14.9. The Balaban J connectivity index is 0.000000150. The lowest BCUT2D eigenvalue weighted by atomic mass is 9.87. The lowest BCUT2D eigenvalue weighted by Gasteiger charge is -2.37. The number of aromatic nitrogens is 3. The number of aryl methyl sites for hydroxylation is 2. The summed E-state index contributed by atoms with van der Waals surface area (Å²) in [6.45, 7) is 16.1. The van der Waals surface area contributed by atoms with Gasteiger partial charge >= 0.3 is 17.9 Å². The van der Waals surface area contributed by atoms with E-state index >= 15 is 0 Å². The second-order valence-electron chi connectivity index (χ2n) is 27.2. The first-order valence-corrected chi connectivity index (χ1v) is 36.8. The molecule has 5 aromatic heterocycles. The van der Waals surface area contributed by atoms with Crippen molar-refractivity contribution in [3.8, 4) is 5.75 Å². The van der Waals surface area contributed by atoms with E-state index in [-0.39, 0.29) is 65.1 Å². The molecule has 8 heterocycles. The highest BCUT2D eigenvalue weighted by Crippen LogP contribution is 2.36. The Hall–Kier alpha value is -11.2. The molecule has 0 N–H and O–H groups in total. The Morgan fingerprint density at radius 1 is 0.462 bits per heavy atom. The van der Waals surface area contributed by atoms with E-state index in [0.717, 1.165) is 77.6 Å². The minimum Gasteiger partial charge on any atom is -0.497 e. The molecule has 3 saturated heterocycles. The Morgan fingerprint density at radius 3 is 1.38 bits per heavy atom. The normalized spacial score (nSPS) is 15.1. The number of hydrogen-bond acceptors (Lipinski definition) is 18. The first-order chi connectivity index (χ1) is 51.5. The molecular weight excluding hydrogens is 1350 g/mol. The average Bonchev–Trinajstić information content (AvgIpc) is 0.943.